The maximum Gasteiger partial charge on any atom is 0.307 e. The van der Waals surface area contributed by atoms with Crippen LogP contribution in [-0.2, 0) is 54.5 Å². The molecule has 17 heteroatoms. The molecule has 3 aliphatic rings. The molecule has 66 heavy (non-hydrogen) atoms. The minimum Gasteiger partial charge on any atom is -0.481 e. The number of nitrogens with zero attached hydrogens (tertiary/aromatic N) is 4. The van der Waals surface area contributed by atoms with E-state index in [-0.39, 0.29) is 91.2 Å². The highest BCUT2D eigenvalue weighted by atomic mass is 32.2. The molecule has 1 aromatic carbocycles. The average Bonchev–Trinajstić information content (AvgIpc) is 4.07. The fourth-order valence-corrected chi connectivity index (χ4v) is 11.2. The lowest BCUT2D eigenvalue weighted by Gasteiger charge is -2.41. The van der Waals surface area contributed by atoms with Crippen LogP contribution < -0.4 is 5.32 Å². The number of Topliss-reactive ketones (excluding diaryl/α,β-unsaturated/α-hetero) is 1. The number of carboxylic acid groups (broad SMARTS) is 1. The molecule has 0 radical (unpaired) electrons. The Morgan fingerprint density at radius 1 is 0.955 bits per heavy atom. The normalized spacial score (nSPS) is 22.7. The predicted octanol–water partition coefficient (Wildman–Crippen LogP) is 4.21. The van der Waals surface area contributed by atoms with Gasteiger partial charge < -0.3 is 39.5 Å². The number of ketones is 1. The number of carboxylic acids is 1. The number of carbonyl (C=O) groups is 6. The van der Waals surface area contributed by atoms with Crippen molar-refractivity contribution in [1.29, 1.82) is 0 Å². The second kappa shape index (κ2) is 24.7. The third-order valence-corrected chi connectivity index (χ3v) is 15.8. The van der Waals surface area contributed by atoms with Crippen LogP contribution in [0.1, 0.15) is 98.0 Å². The van der Waals surface area contributed by atoms with E-state index >= 15 is 0 Å². The van der Waals surface area contributed by atoms with E-state index in [0.717, 1.165) is 23.8 Å². The molecule has 2 heterocycles. The van der Waals surface area contributed by atoms with Crippen LogP contribution in [0.15, 0.2) is 42.3 Å². The van der Waals surface area contributed by atoms with Crippen LogP contribution in [0.3, 0.4) is 0 Å². The molecular weight excluding hydrogens is 867 g/mol. The number of benzene rings is 1. The molecule has 0 aromatic heterocycles. The molecule has 4 rings (SSSR count). The summed E-state index contributed by atoms with van der Waals surface area (Å²) in [6.45, 7) is 13.8. The number of likely N-dealkylation sites (tertiary alicyclic amines) is 2. The minimum absolute atomic E-state index is 0.0404. The molecule has 0 unspecified atom stereocenters. The number of amides is 4. The predicted molar refractivity (Wildman–Crippen MR) is 252 cm³/mol. The number of aliphatic carboxylic acids is 1. The number of methoxy groups -OCH3 is 2. The maximum absolute atomic E-state index is 14.6. The summed E-state index contributed by atoms with van der Waals surface area (Å²) in [5.74, 6) is -4.59. The Balaban J connectivity index is 1.45. The highest BCUT2D eigenvalue weighted by Gasteiger charge is 2.52. The Labute approximate surface area is 393 Å². The molecule has 4 amide bonds. The quantitative estimate of drug-likeness (QED) is 0.128. The second-order valence-electron chi connectivity index (χ2n) is 19.3. The number of carbonyl (C=O) groups excluding carboxylic acids is 5. The Morgan fingerprint density at radius 3 is 2.23 bits per heavy atom. The van der Waals surface area contributed by atoms with Gasteiger partial charge in [0.15, 0.2) is 9.84 Å². The van der Waals surface area contributed by atoms with Gasteiger partial charge in [-0.3, -0.25) is 28.8 Å². The topological polar surface area (TPSA) is 200 Å². The number of likely N-dealkylation sites (N-methyl/N-ethyl adjacent to an activating group) is 1. The zero-order valence-corrected chi connectivity index (χ0v) is 41.5. The molecule has 2 N–H and O–H groups in total. The summed E-state index contributed by atoms with van der Waals surface area (Å²) in [6.07, 6.45) is 2.95. The molecule has 1 aliphatic carbocycles. The number of ether oxygens (including phenoxy) is 2. The maximum atomic E-state index is 14.6. The second-order valence-corrected chi connectivity index (χ2v) is 21.3. The Kier molecular flexibility index (Phi) is 20.4. The summed E-state index contributed by atoms with van der Waals surface area (Å²) >= 11 is 0. The van der Waals surface area contributed by atoms with Crippen molar-refractivity contribution in [2.75, 3.05) is 53.7 Å². The van der Waals surface area contributed by atoms with Gasteiger partial charge in [-0.25, -0.2) is 8.42 Å². The molecule has 2 aliphatic heterocycles. The standard InChI is InChI=1S/C49H77N5O11S/c1-11-32(5)44(40(64-9)30-42(57)53-23-16-19-38(53)46(65-10)33(6)39(55)29-36(49(60)61)27-34-17-14-13-15-18-34)52(8)48(59)43(31(3)4)50-47(58)45-35-20-21-37(28-35)54(45)41(56)22-24-51(7)25-26-66(62,63)12-2/h12-15,17-18,31-33,35-38,40,43-46H,2,11,16,19-30H2,1,3-10H3,(H,50,58)(H,60,61)/t32-,33-,35-,36+,37-,38-,40+,43-,44-,45-,46+/m0/s1. The number of hydrogen-bond acceptors (Lipinski definition) is 11. The molecule has 2 saturated heterocycles. The van der Waals surface area contributed by atoms with Gasteiger partial charge in [-0.05, 0) is 68.9 Å². The first-order chi connectivity index (χ1) is 31.2. The van der Waals surface area contributed by atoms with Gasteiger partial charge >= 0.3 is 5.97 Å². The van der Waals surface area contributed by atoms with Crippen LogP contribution in [-0.4, -0.2) is 165 Å². The van der Waals surface area contributed by atoms with E-state index in [1.54, 1.807) is 40.6 Å². The summed E-state index contributed by atoms with van der Waals surface area (Å²) < 4.78 is 35.8. The minimum atomic E-state index is -3.39. The Morgan fingerprint density at radius 2 is 1.64 bits per heavy atom. The van der Waals surface area contributed by atoms with Crippen LogP contribution in [0, 0.1) is 29.6 Å². The number of sulfone groups is 1. The van der Waals surface area contributed by atoms with Gasteiger partial charge in [0.05, 0.1) is 42.4 Å². The molecule has 3 fully saturated rings. The average molecular weight is 944 g/mol. The molecule has 1 saturated carbocycles. The highest BCUT2D eigenvalue weighted by molar-refractivity contribution is 7.94. The lowest BCUT2D eigenvalue weighted by atomic mass is 9.85. The molecule has 11 atom stereocenters. The summed E-state index contributed by atoms with van der Waals surface area (Å²) in [5, 5.41) is 14.0. The number of rotatable bonds is 27. The first-order valence-corrected chi connectivity index (χ1v) is 25.5. The summed E-state index contributed by atoms with van der Waals surface area (Å²) in [6, 6.07) is 6.45. The van der Waals surface area contributed by atoms with Crippen LogP contribution in [0.4, 0.5) is 0 Å². The van der Waals surface area contributed by atoms with Crippen LogP contribution >= 0.6 is 0 Å². The first-order valence-electron chi connectivity index (χ1n) is 23.8. The largest absolute Gasteiger partial charge is 0.481 e. The fraction of sp³-hybridized carbons (Fsp3) is 0.714. The van der Waals surface area contributed by atoms with E-state index in [2.05, 4.69) is 11.9 Å². The van der Waals surface area contributed by atoms with Crippen LogP contribution in [0.25, 0.3) is 0 Å². The van der Waals surface area contributed by atoms with E-state index in [1.807, 2.05) is 58.0 Å². The number of fused-ring (bicyclic) bond motifs is 2. The van der Waals surface area contributed by atoms with Crippen molar-refractivity contribution in [3.63, 3.8) is 0 Å². The van der Waals surface area contributed by atoms with Crippen molar-refractivity contribution in [3.8, 4) is 0 Å². The van der Waals surface area contributed by atoms with Gasteiger partial charge in [-0.15, -0.1) is 0 Å². The summed E-state index contributed by atoms with van der Waals surface area (Å²) in [4.78, 5) is 89.8. The Bertz CT molecular complexity index is 1950. The van der Waals surface area contributed by atoms with Gasteiger partial charge in [0, 0.05) is 71.1 Å². The SMILES string of the molecule is C=CS(=O)(=O)CCN(C)CCC(=O)N1[C@H]2CC[C@@H](C2)[C@H]1C(=O)N[C@H](C(=O)N(C)[C@@H]([C@@H](C)CC)[C@@H](CC(=O)N1CCC[C@H]1[C@H](OC)[C@@H](C)C(=O)C[C@@H](Cc1ccccc1)C(=O)O)OC)C(C)C. The molecule has 16 nitrogen and oxygen atoms in total. The van der Waals surface area contributed by atoms with Crippen molar-refractivity contribution in [3.05, 3.63) is 47.9 Å². The van der Waals surface area contributed by atoms with Gasteiger partial charge in [0.1, 0.15) is 17.9 Å². The Hall–Kier alpha value is -4.19. The molecule has 2 bridgehead atoms. The number of hydrogen-bond donors (Lipinski definition) is 2. The lowest BCUT2D eigenvalue weighted by Crippen LogP contribution is -2.60. The van der Waals surface area contributed by atoms with Crippen molar-refractivity contribution < 1.29 is 51.8 Å². The molecular formula is C49H77N5O11S. The van der Waals surface area contributed by atoms with E-state index in [0.29, 0.717) is 38.8 Å². The van der Waals surface area contributed by atoms with E-state index in [1.165, 1.54) is 14.2 Å². The van der Waals surface area contributed by atoms with Crippen molar-refractivity contribution in [2.45, 2.75) is 141 Å². The molecule has 0 spiro atoms. The van der Waals surface area contributed by atoms with Gasteiger partial charge in [0.2, 0.25) is 23.6 Å². The first kappa shape index (κ1) is 54.4. The van der Waals surface area contributed by atoms with Gasteiger partial charge in [-0.1, -0.05) is 78.0 Å². The highest BCUT2D eigenvalue weighted by Crippen LogP contribution is 2.43. The molecule has 1 aromatic rings. The zero-order chi connectivity index (χ0) is 49.0. The lowest BCUT2D eigenvalue weighted by molar-refractivity contribution is -0.149. The smallest absolute Gasteiger partial charge is 0.307 e. The van der Waals surface area contributed by atoms with Crippen molar-refractivity contribution in [1.82, 2.24) is 24.9 Å². The van der Waals surface area contributed by atoms with Crippen molar-refractivity contribution in [2.24, 2.45) is 29.6 Å². The van der Waals surface area contributed by atoms with E-state index in [4.69, 9.17) is 9.47 Å². The molecule has 370 valence electrons. The van der Waals surface area contributed by atoms with Gasteiger partial charge in [0.25, 0.3) is 0 Å². The zero-order valence-electron chi connectivity index (χ0n) is 40.7. The summed E-state index contributed by atoms with van der Waals surface area (Å²) in [7, 11) is 3.06. The van der Waals surface area contributed by atoms with E-state index < -0.39 is 64.0 Å². The monoisotopic (exact) mass is 944 g/mol. The van der Waals surface area contributed by atoms with Crippen molar-refractivity contribution >= 4 is 45.2 Å². The summed E-state index contributed by atoms with van der Waals surface area (Å²) in [5.41, 5.74) is 0.827. The van der Waals surface area contributed by atoms with E-state index in [9.17, 15) is 42.3 Å². The number of piperidine rings is 1. The number of nitrogens with one attached hydrogen (secondary N) is 1. The third kappa shape index (κ3) is 13.7. The van der Waals surface area contributed by atoms with Crippen LogP contribution in [0.2, 0.25) is 0 Å². The third-order valence-electron chi connectivity index (χ3n) is 14.6. The van der Waals surface area contributed by atoms with Crippen LogP contribution in [0.5, 0.6) is 0 Å². The fourth-order valence-electron chi connectivity index (χ4n) is 10.5. The van der Waals surface area contributed by atoms with Gasteiger partial charge in [-0.2, -0.15) is 0 Å².